The van der Waals surface area contributed by atoms with Crippen LogP contribution in [0.3, 0.4) is 0 Å². The van der Waals surface area contributed by atoms with Crippen molar-refractivity contribution in [2.24, 2.45) is 0 Å². The Morgan fingerprint density at radius 1 is 0.655 bits per heavy atom. The van der Waals surface area contributed by atoms with E-state index in [0.29, 0.717) is 36.7 Å². The lowest BCUT2D eigenvalue weighted by molar-refractivity contribution is -0.870. The van der Waals surface area contributed by atoms with Crippen molar-refractivity contribution in [2.45, 2.75) is 167 Å². The molecule has 0 aliphatic carbocycles. The van der Waals surface area contributed by atoms with Crippen LogP contribution < -0.4 is 0 Å². The highest BCUT2D eigenvalue weighted by molar-refractivity contribution is 7.47. The average Bonchev–Trinajstić information content (AvgIpc) is 3.12. The number of rotatable bonds is 37. The summed E-state index contributed by atoms with van der Waals surface area (Å²) in [5.74, 6) is -1.04. The Kier molecular flexibility index (Phi) is 33.7. The molecule has 0 amide bonds. The molecular formula is C43H79NO10P+. The van der Waals surface area contributed by atoms with Gasteiger partial charge in [-0.1, -0.05) is 146 Å². The van der Waals surface area contributed by atoms with Crippen molar-refractivity contribution in [1.29, 1.82) is 0 Å². The van der Waals surface area contributed by atoms with Gasteiger partial charge in [0, 0.05) is 12.8 Å². The van der Waals surface area contributed by atoms with E-state index in [9.17, 15) is 29.3 Å². The first-order valence-corrected chi connectivity index (χ1v) is 22.6. The SMILES string of the molecule is CCCCC/C=C\C[C@H](O)/C=C/C=C/C=C\[C@H](O)CCCC(=O)O[C@H](COC(=O)CCCCCCCCCCCCCC)COP(=O)(O)OCC[N+](C)(C)C. The fourth-order valence-corrected chi connectivity index (χ4v) is 6.12. The van der Waals surface area contributed by atoms with Crippen LogP contribution in [0.2, 0.25) is 0 Å². The molecule has 11 nitrogen and oxygen atoms in total. The lowest BCUT2D eigenvalue weighted by Crippen LogP contribution is -2.37. The summed E-state index contributed by atoms with van der Waals surface area (Å²) in [6.45, 7) is 4.05. The van der Waals surface area contributed by atoms with E-state index in [2.05, 4.69) is 19.9 Å². The van der Waals surface area contributed by atoms with Gasteiger partial charge in [-0.2, -0.15) is 0 Å². The predicted molar refractivity (Wildman–Crippen MR) is 222 cm³/mol. The number of allylic oxidation sites excluding steroid dienone is 5. The van der Waals surface area contributed by atoms with Crippen LogP contribution in [0.5, 0.6) is 0 Å². The van der Waals surface area contributed by atoms with Crippen LogP contribution >= 0.6 is 7.82 Å². The summed E-state index contributed by atoms with van der Waals surface area (Å²) < 4.78 is 34.0. The Morgan fingerprint density at radius 3 is 1.80 bits per heavy atom. The van der Waals surface area contributed by atoms with Crippen LogP contribution in [0.1, 0.15) is 149 Å². The minimum atomic E-state index is -4.44. The largest absolute Gasteiger partial charge is 0.472 e. The number of ether oxygens (including phenoxy) is 2. The molecule has 0 heterocycles. The number of hydrogen-bond acceptors (Lipinski definition) is 9. The molecule has 0 spiro atoms. The third-order valence-corrected chi connectivity index (χ3v) is 9.79. The maximum Gasteiger partial charge on any atom is 0.472 e. The van der Waals surface area contributed by atoms with Crippen LogP contribution in [-0.2, 0) is 32.7 Å². The molecule has 0 saturated heterocycles. The number of quaternary nitrogens is 1. The number of aliphatic hydroxyl groups excluding tert-OH is 2. The first kappa shape index (κ1) is 52.9. The van der Waals surface area contributed by atoms with Gasteiger partial charge >= 0.3 is 19.8 Å². The zero-order valence-electron chi connectivity index (χ0n) is 35.1. The van der Waals surface area contributed by atoms with E-state index in [1.54, 1.807) is 36.5 Å². The number of hydrogen-bond donors (Lipinski definition) is 3. The van der Waals surface area contributed by atoms with Gasteiger partial charge < -0.3 is 29.1 Å². The van der Waals surface area contributed by atoms with Crippen molar-refractivity contribution in [3.63, 3.8) is 0 Å². The standard InChI is InChI=1S/C43H78NO10P/c1-6-8-10-12-14-15-16-17-18-19-21-27-33-42(47)51-37-41(38-53-55(49,50)52-36-35-44(3,4)5)54-43(48)34-28-32-40(46)31-26-23-22-25-30-39(45)29-24-20-13-11-9-7-2/h20,22-26,30-31,39-41,45-46H,6-19,21,27-29,32-38H2,1-5H3/p+1/b23-22+,24-20-,30-25+,31-26-/t39-,40-,41+/m0/s1. The predicted octanol–water partition coefficient (Wildman–Crippen LogP) is 9.46. The Hall–Kier alpha value is -2.11. The normalized spacial score (nSPS) is 15.3. The molecule has 12 heteroatoms. The summed E-state index contributed by atoms with van der Waals surface area (Å²) in [6.07, 6.45) is 32.2. The van der Waals surface area contributed by atoms with Crippen molar-refractivity contribution in [2.75, 3.05) is 47.5 Å². The molecule has 0 rings (SSSR count). The number of phosphoric ester groups is 1. The summed E-state index contributed by atoms with van der Waals surface area (Å²) in [6, 6.07) is 0. The number of aliphatic hydroxyl groups is 2. The van der Waals surface area contributed by atoms with Crippen LogP contribution in [0.15, 0.2) is 48.6 Å². The molecule has 0 bridgehead atoms. The Bertz CT molecular complexity index is 1120. The van der Waals surface area contributed by atoms with Gasteiger partial charge in [0.05, 0.1) is 40.0 Å². The highest BCUT2D eigenvalue weighted by atomic mass is 31.2. The molecule has 320 valence electrons. The second kappa shape index (κ2) is 35.1. The number of unbranched alkanes of at least 4 members (excludes halogenated alkanes) is 14. The zero-order chi connectivity index (χ0) is 41.0. The fourth-order valence-electron chi connectivity index (χ4n) is 5.38. The summed E-state index contributed by atoms with van der Waals surface area (Å²) in [4.78, 5) is 35.3. The maximum absolute atomic E-state index is 12.7. The van der Waals surface area contributed by atoms with Gasteiger partial charge in [-0.15, -0.1) is 0 Å². The Morgan fingerprint density at radius 2 is 1.20 bits per heavy atom. The molecule has 1 unspecified atom stereocenters. The lowest BCUT2D eigenvalue weighted by Gasteiger charge is -2.24. The third kappa shape index (κ3) is 38.5. The monoisotopic (exact) mass is 801 g/mol. The molecule has 0 aromatic heterocycles. The van der Waals surface area contributed by atoms with E-state index >= 15 is 0 Å². The van der Waals surface area contributed by atoms with E-state index in [4.69, 9.17) is 18.5 Å². The van der Waals surface area contributed by atoms with Crippen molar-refractivity contribution < 1.29 is 52.3 Å². The first-order valence-electron chi connectivity index (χ1n) is 21.1. The van der Waals surface area contributed by atoms with Crippen LogP contribution in [0.25, 0.3) is 0 Å². The number of phosphoric acid groups is 1. The average molecular weight is 801 g/mol. The van der Waals surface area contributed by atoms with Gasteiger partial charge in [0.2, 0.25) is 0 Å². The van der Waals surface area contributed by atoms with Gasteiger partial charge in [-0.05, 0) is 38.5 Å². The Labute approximate surface area is 334 Å². The van der Waals surface area contributed by atoms with Gasteiger partial charge in [-0.3, -0.25) is 18.6 Å². The van der Waals surface area contributed by atoms with E-state index in [0.717, 1.165) is 25.7 Å². The van der Waals surface area contributed by atoms with Gasteiger partial charge in [0.1, 0.15) is 19.8 Å². The minimum Gasteiger partial charge on any atom is -0.462 e. The summed E-state index contributed by atoms with van der Waals surface area (Å²) in [7, 11) is 1.32. The summed E-state index contributed by atoms with van der Waals surface area (Å²) in [5, 5.41) is 20.3. The molecular weight excluding hydrogens is 721 g/mol. The van der Waals surface area contributed by atoms with Crippen molar-refractivity contribution in [1.82, 2.24) is 0 Å². The first-order chi connectivity index (χ1) is 26.3. The number of carbonyl (C=O) groups is 2. The molecule has 0 saturated carbocycles. The van der Waals surface area contributed by atoms with Crippen LogP contribution in [0, 0.1) is 0 Å². The Balaban J connectivity index is 4.68. The van der Waals surface area contributed by atoms with Crippen LogP contribution in [0.4, 0.5) is 0 Å². The quantitative estimate of drug-likeness (QED) is 0.0139. The van der Waals surface area contributed by atoms with Crippen molar-refractivity contribution in [3.8, 4) is 0 Å². The topological polar surface area (TPSA) is 149 Å². The molecule has 4 atom stereocenters. The molecule has 0 aliphatic heterocycles. The number of likely N-dealkylation sites (N-methyl/N-ethyl adjacent to an activating group) is 1. The second-order valence-electron chi connectivity index (χ2n) is 15.4. The molecule has 55 heavy (non-hydrogen) atoms. The number of esters is 2. The maximum atomic E-state index is 12.7. The van der Waals surface area contributed by atoms with Crippen molar-refractivity contribution >= 4 is 19.8 Å². The van der Waals surface area contributed by atoms with E-state index < -0.39 is 44.7 Å². The summed E-state index contributed by atoms with van der Waals surface area (Å²) in [5.41, 5.74) is 0. The number of nitrogens with zero attached hydrogens (tertiary/aromatic N) is 1. The zero-order valence-corrected chi connectivity index (χ0v) is 36.0. The molecule has 0 aromatic carbocycles. The summed E-state index contributed by atoms with van der Waals surface area (Å²) >= 11 is 0. The smallest absolute Gasteiger partial charge is 0.462 e. The lowest BCUT2D eigenvalue weighted by atomic mass is 10.0. The fraction of sp³-hybridized carbons (Fsp3) is 0.767. The highest BCUT2D eigenvalue weighted by Gasteiger charge is 2.27. The molecule has 0 fully saturated rings. The molecule has 0 aromatic rings. The molecule has 3 N–H and O–H groups in total. The third-order valence-electron chi connectivity index (χ3n) is 8.80. The molecule has 0 aliphatic rings. The van der Waals surface area contributed by atoms with E-state index in [-0.39, 0.29) is 26.1 Å². The second-order valence-corrected chi connectivity index (χ2v) is 16.9. The van der Waals surface area contributed by atoms with Crippen molar-refractivity contribution in [3.05, 3.63) is 48.6 Å². The minimum absolute atomic E-state index is 0.0146. The van der Waals surface area contributed by atoms with Gasteiger partial charge in [0.15, 0.2) is 6.10 Å². The van der Waals surface area contributed by atoms with Crippen LogP contribution in [-0.4, -0.2) is 97.3 Å². The van der Waals surface area contributed by atoms with E-state index in [1.807, 2.05) is 27.2 Å². The van der Waals surface area contributed by atoms with Gasteiger partial charge in [0.25, 0.3) is 0 Å². The van der Waals surface area contributed by atoms with Gasteiger partial charge in [-0.25, -0.2) is 4.57 Å². The number of carbonyl (C=O) groups excluding carboxylic acids is 2. The molecule has 0 radical (unpaired) electrons. The highest BCUT2D eigenvalue weighted by Crippen LogP contribution is 2.43. The van der Waals surface area contributed by atoms with E-state index in [1.165, 1.54) is 70.6 Å².